The Morgan fingerprint density at radius 1 is 1.28 bits per heavy atom. The first-order valence-corrected chi connectivity index (χ1v) is 7.74. The second kappa shape index (κ2) is 7.80. The van der Waals surface area contributed by atoms with Crippen LogP contribution in [0.1, 0.15) is 12.5 Å². The van der Waals surface area contributed by atoms with E-state index in [0.29, 0.717) is 30.2 Å². The molecule has 8 nitrogen and oxygen atoms in total. The lowest BCUT2D eigenvalue weighted by molar-refractivity contribution is 0.414. The van der Waals surface area contributed by atoms with Crippen molar-refractivity contribution < 1.29 is 9.84 Å². The van der Waals surface area contributed by atoms with Crippen LogP contribution in [0.15, 0.2) is 38.8 Å². The van der Waals surface area contributed by atoms with E-state index in [1.165, 1.54) is 7.11 Å². The van der Waals surface area contributed by atoms with Gasteiger partial charge in [-0.2, -0.15) is 0 Å². The normalized spacial score (nSPS) is 11.8. The van der Waals surface area contributed by atoms with Crippen LogP contribution in [0.3, 0.4) is 0 Å². The van der Waals surface area contributed by atoms with Crippen molar-refractivity contribution in [1.82, 2.24) is 14.5 Å². The van der Waals surface area contributed by atoms with E-state index in [1.54, 1.807) is 31.2 Å². The number of hydrogen-bond acceptors (Lipinski definition) is 6. The number of nitrogens with zero attached hydrogens (tertiary/aromatic N) is 3. The lowest BCUT2D eigenvalue weighted by atomic mass is 10.2. The summed E-state index contributed by atoms with van der Waals surface area (Å²) >= 11 is 0. The minimum atomic E-state index is -0.725. The maximum Gasteiger partial charge on any atom is 0.335 e. The van der Waals surface area contributed by atoms with Gasteiger partial charge in [-0.1, -0.05) is 0 Å². The first-order chi connectivity index (χ1) is 11.8. The van der Waals surface area contributed by atoms with Gasteiger partial charge in [0.15, 0.2) is 0 Å². The van der Waals surface area contributed by atoms with Crippen molar-refractivity contribution in [2.24, 2.45) is 4.99 Å². The number of rotatable bonds is 6. The van der Waals surface area contributed by atoms with Crippen LogP contribution in [0.25, 0.3) is 5.69 Å². The summed E-state index contributed by atoms with van der Waals surface area (Å²) < 4.78 is 6.11. The summed E-state index contributed by atoms with van der Waals surface area (Å²) in [5.41, 5.74) is -0.644. The Labute approximate surface area is 145 Å². The van der Waals surface area contributed by atoms with E-state index in [0.717, 1.165) is 4.57 Å². The summed E-state index contributed by atoms with van der Waals surface area (Å²) in [4.78, 5) is 32.8. The first-order valence-electron chi connectivity index (χ1n) is 7.74. The van der Waals surface area contributed by atoms with Gasteiger partial charge < -0.3 is 14.7 Å². The fourth-order valence-electron chi connectivity index (χ4n) is 2.32. The van der Waals surface area contributed by atoms with Gasteiger partial charge in [0.25, 0.3) is 5.56 Å². The van der Waals surface area contributed by atoms with Crippen LogP contribution in [-0.2, 0) is 0 Å². The molecule has 0 amide bonds. The Hall–Kier alpha value is -2.87. The number of aromatic nitrogens is 2. The van der Waals surface area contributed by atoms with E-state index in [-0.39, 0.29) is 5.56 Å². The number of H-pyrrole nitrogens is 1. The van der Waals surface area contributed by atoms with Gasteiger partial charge in [0.05, 0.1) is 19.3 Å². The molecule has 0 atom stereocenters. The van der Waals surface area contributed by atoms with Crippen LogP contribution >= 0.6 is 0 Å². The molecular formula is C17H22N4O4. The molecule has 1 heterocycles. The van der Waals surface area contributed by atoms with Crippen molar-refractivity contribution >= 4 is 5.71 Å². The van der Waals surface area contributed by atoms with Crippen molar-refractivity contribution in [3.8, 4) is 17.3 Å². The van der Waals surface area contributed by atoms with Gasteiger partial charge in [0, 0.05) is 12.3 Å². The van der Waals surface area contributed by atoms with Crippen molar-refractivity contribution in [3.63, 3.8) is 0 Å². The summed E-state index contributed by atoms with van der Waals surface area (Å²) in [6, 6.07) is 6.54. The molecule has 1 aromatic carbocycles. The Kier molecular flexibility index (Phi) is 5.76. The van der Waals surface area contributed by atoms with Crippen molar-refractivity contribution in [3.05, 3.63) is 50.7 Å². The fraction of sp³-hybridized carbons (Fsp3) is 0.353. The van der Waals surface area contributed by atoms with Crippen molar-refractivity contribution in [2.75, 3.05) is 34.3 Å². The summed E-state index contributed by atoms with van der Waals surface area (Å²) in [6.07, 6.45) is 0. The van der Waals surface area contributed by atoms with Crippen LogP contribution in [0.4, 0.5) is 0 Å². The number of aliphatic imine (C=N–C) groups is 1. The first kappa shape index (κ1) is 18.5. The molecule has 0 aliphatic rings. The van der Waals surface area contributed by atoms with Gasteiger partial charge in [-0.25, -0.2) is 9.36 Å². The van der Waals surface area contributed by atoms with Gasteiger partial charge >= 0.3 is 5.69 Å². The third kappa shape index (κ3) is 4.16. The molecule has 0 aliphatic heterocycles. The van der Waals surface area contributed by atoms with Gasteiger partial charge in [-0.15, -0.1) is 0 Å². The standard InChI is InChI=1S/C17H22N4O4/c1-11(18-9-10-20(2)3)14-15(22)19-17(24)21(16(14)23)12-5-7-13(25-4)8-6-12/h5-8,23H,9-10H2,1-4H3,(H,19,22,24). The lowest BCUT2D eigenvalue weighted by Gasteiger charge is -2.12. The molecule has 0 fully saturated rings. The van der Waals surface area contributed by atoms with E-state index < -0.39 is 17.1 Å². The van der Waals surface area contributed by atoms with Crippen molar-refractivity contribution in [1.29, 1.82) is 0 Å². The zero-order valence-corrected chi connectivity index (χ0v) is 14.7. The number of aromatic hydroxyl groups is 1. The molecule has 2 rings (SSSR count). The van der Waals surface area contributed by atoms with E-state index in [9.17, 15) is 14.7 Å². The van der Waals surface area contributed by atoms with E-state index in [2.05, 4.69) is 9.98 Å². The maximum absolute atomic E-state index is 12.2. The lowest BCUT2D eigenvalue weighted by Crippen LogP contribution is -2.33. The Morgan fingerprint density at radius 3 is 2.48 bits per heavy atom. The van der Waals surface area contributed by atoms with E-state index >= 15 is 0 Å². The number of likely N-dealkylation sites (N-methyl/N-ethyl adjacent to an activating group) is 1. The predicted octanol–water partition coefficient (Wildman–Crippen LogP) is 0.611. The van der Waals surface area contributed by atoms with Gasteiger partial charge in [-0.3, -0.25) is 14.8 Å². The zero-order valence-electron chi connectivity index (χ0n) is 14.7. The average Bonchev–Trinajstić information content (AvgIpc) is 2.54. The molecule has 8 heteroatoms. The molecule has 25 heavy (non-hydrogen) atoms. The van der Waals surface area contributed by atoms with Crippen LogP contribution in [0.2, 0.25) is 0 Å². The minimum Gasteiger partial charge on any atom is -0.497 e. The second-order valence-corrected chi connectivity index (χ2v) is 5.76. The highest BCUT2D eigenvalue weighted by Crippen LogP contribution is 2.19. The van der Waals surface area contributed by atoms with Gasteiger partial charge in [-0.05, 0) is 45.3 Å². The molecule has 134 valence electrons. The van der Waals surface area contributed by atoms with E-state index in [4.69, 9.17) is 4.74 Å². The highest BCUT2D eigenvalue weighted by Gasteiger charge is 2.17. The topological polar surface area (TPSA) is 99.9 Å². The Balaban J connectivity index is 2.52. The smallest absolute Gasteiger partial charge is 0.335 e. The van der Waals surface area contributed by atoms with Crippen LogP contribution < -0.4 is 16.0 Å². The quantitative estimate of drug-likeness (QED) is 0.747. The van der Waals surface area contributed by atoms with Crippen LogP contribution in [0.5, 0.6) is 11.6 Å². The molecule has 0 bridgehead atoms. The SMILES string of the molecule is COc1ccc(-n2c(O)c(C(C)=NCCN(C)C)c(=O)[nH]c2=O)cc1. The molecule has 2 aromatic rings. The highest BCUT2D eigenvalue weighted by molar-refractivity contribution is 6.00. The summed E-state index contributed by atoms with van der Waals surface area (Å²) in [6.45, 7) is 2.80. The van der Waals surface area contributed by atoms with Crippen LogP contribution in [-0.4, -0.2) is 59.6 Å². The molecule has 0 aliphatic carbocycles. The average molecular weight is 346 g/mol. The number of hydrogen-bond donors (Lipinski definition) is 2. The van der Waals surface area contributed by atoms with Crippen molar-refractivity contribution in [2.45, 2.75) is 6.92 Å². The molecule has 1 aromatic heterocycles. The number of nitrogens with one attached hydrogen (secondary N) is 1. The summed E-state index contributed by atoms with van der Waals surface area (Å²) in [5, 5.41) is 10.5. The Morgan fingerprint density at radius 2 is 1.92 bits per heavy atom. The Bertz CT molecular complexity index is 879. The fourth-order valence-corrected chi connectivity index (χ4v) is 2.32. The number of ether oxygens (including phenoxy) is 1. The third-order valence-corrected chi connectivity index (χ3v) is 3.67. The number of methoxy groups -OCH3 is 1. The van der Waals surface area contributed by atoms with E-state index in [1.807, 2.05) is 19.0 Å². The van der Waals surface area contributed by atoms with Gasteiger partial charge in [0.1, 0.15) is 11.3 Å². The van der Waals surface area contributed by atoms with Gasteiger partial charge in [0.2, 0.25) is 5.88 Å². The third-order valence-electron chi connectivity index (χ3n) is 3.67. The minimum absolute atomic E-state index is 0.0193. The monoisotopic (exact) mass is 346 g/mol. The largest absolute Gasteiger partial charge is 0.497 e. The second-order valence-electron chi connectivity index (χ2n) is 5.76. The predicted molar refractivity (Wildman–Crippen MR) is 96.5 cm³/mol. The molecule has 0 unspecified atom stereocenters. The molecule has 0 saturated heterocycles. The number of benzene rings is 1. The molecule has 2 N–H and O–H groups in total. The highest BCUT2D eigenvalue weighted by atomic mass is 16.5. The zero-order chi connectivity index (χ0) is 18.6. The molecule has 0 radical (unpaired) electrons. The molecule has 0 spiro atoms. The summed E-state index contributed by atoms with van der Waals surface area (Å²) in [5.74, 6) is 0.174. The molecule has 0 saturated carbocycles. The maximum atomic E-state index is 12.2. The van der Waals surface area contributed by atoms with Crippen LogP contribution in [0, 0.1) is 0 Å². The molecular weight excluding hydrogens is 324 g/mol. The number of aromatic amines is 1. The summed E-state index contributed by atoms with van der Waals surface area (Å²) in [7, 11) is 5.36.